The van der Waals surface area contributed by atoms with Crippen LogP contribution in [-0.2, 0) is 18.6 Å². The minimum atomic E-state index is 0. The molecule has 1 aliphatic rings. The molecule has 0 amide bonds. The molecule has 0 aromatic carbocycles. The van der Waals surface area contributed by atoms with E-state index >= 15 is 0 Å². The predicted molar refractivity (Wildman–Crippen MR) is 38.5 cm³/mol. The van der Waals surface area contributed by atoms with Crippen molar-refractivity contribution in [1.82, 2.24) is 0 Å². The summed E-state index contributed by atoms with van der Waals surface area (Å²) in [5.41, 5.74) is 0. The summed E-state index contributed by atoms with van der Waals surface area (Å²) in [4.78, 5) is 3.22. The fourth-order valence-corrected chi connectivity index (χ4v) is 0. The van der Waals surface area contributed by atoms with Gasteiger partial charge in [-0.15, -0.1) is 37.2 Å². The van der Waals surface area contributed by atoms with Crippen LogP contribution >= 0.6 is 37.2 Å². The maximum absolute atomic E-state index is 1.61. The molecule has 0 N–H and O–H groups in total. The molecule has 0 aromatic rings. The van der Waals surface area contributed by atoms with Crippen LogP contribution in [0.3, 0.4) is 0 Å². The van der Waals surface area contributed by atoms with Crippen LogP contribution in [-0.4, -0.2) is 51.4 Å². The van der Waals surface area contributed by atoms with Gasteiger partial charge in [0.25, 0.3) is 0 Å². The molecule has 0 nitrogen and oxygen atoms in total. The van der Waals surface area contributed by atoms with Crippen molar-refractivity contribution in [2.45, 2.75) is 9.62 Å². The molecular weight excluding hydrogens is 365 g/mol. The number of hydrogen-bond acceptors (Lipinski definition) is 0. The van der Waals surface area contributed by atoms with E-state index < -0.39 is 0 Å². The molecule has 1 aliphatic heterocycles. The summed E-state index contributed by atoms with van der Waals surface area (Å²) in [5, 5.41) is 0. The molecule has 1 heterocycles. The first-order chi connectivity index (χ1) is 1.50. The van der Waals surface area contributed by atoms with Crippen molar-refractivity contribution >= 4 is 88.6 Å². The average Bonchev–Trinajstić information content (AvgIpc) is 1.46. The van der Waals surface area contributed by atoms with Crippen molar-refractivity contribution in [3.05, 3.63) is 0 Å². The summed E-state index contributed by atoms with van der Waals surface area (Å²) in [7, 11) is 0. The standard InChI is InChI=1S/C2H4.3ClH.K.Pt.H/c1-2;;;;;;/h1-2H2;3*1H;;;. The van der Waals surface area contributed by atoms with Crippen LogP contribution in [0.15, 0.2) is 0 Å². The summed E-state index contributed by atoms with van der Waals surface area (Å²) in [6.45, 7) is 0. The molecule has 5 heteroatoms. The van der Waals surface area contributed by atoms with Gasteiger partial charge in [0.1, 0.15) is 0 Å². The van der Waals surface area contributed by atoms with Gasteiger partial charge in [-0.3, -0.25) is 0 Å². The zero-order valence-corrected chi connectivity index (χ0v) is 7.68. The molecule has 1 rings (SSSR count). The van der Waals surface area contributed by atoms with E-state index in [0.29, 0.717) is 0 Å². The van der Waals surface area contributed by atoms with Crippen molar-refractivity contribution in [3.63, 3.8) is 0 Å². The summed E-state index contributed by atoms with van der Waals surface area (Å²) in [5.74, 6) is 0. The third kappa shape index (κ3) is 27.0. The minimum absolute atomic E-state index is 0. The van der Waals surface area contributed by atoms with E-state index in [4.69, 9.17) is 0 Å². The van der Waals surface area contributed by atoms with E-state index in [2.05, 4.69) is 0 Å². The van der Waals surface area contributed by atoms with Gasteiger partial charge in [-0.1, -0.05) is 0 Å². The van der Waals surface area contributed by atoms with E-state index in [1.807, 2.05) is 0 Å². The molecule has 7 heavy (non-hydrogen) atoms. The normalized spacial score (nSPS) is 11.4. The zero-order valence-electron chi connectivity index (χ0n) is 2.96. The second-order valence-corrected chi connectivity index (χ2v) is 3.88. The number of hydrogen-bond donors (Lipinski definition) is 0. The first-order valence-electron chi connectivity index (χ1n) is 0.947. The van der Waals surface area contributed by atoms with Gasteiger partial charge in [-0.2, -0.15) is 0 Å². The maximum atomic E-state index is 1.61. The predicted octanol–water partition coefficient (Wildman–Crippen LogP) is 1.54. The summed E-state index contributed by atoms with van der Waals surface area (Å²) in [6.07, 6.45) is 0. The van der Waals surface area contributed by atoms with Gasteiger partial charge in [0.05, 0.1) is 0 Å². The van der Waals surface area contributed by atoms with Crippen molar-refractivity contribution in [1.29, 1.82) is 0 Å². The van der Waals surface area contributed by atoms with Crippen molar-refractivity contribution in [2.75, 3.05) is 0 Å². The molecule has 0 saturated carbocycles. The molecule has 1 saturated heterocycles. The van der Waals surface area contributed by atoms with Crippen molar-refractivity contribution in [2.24, 2.45) is 0 Å². The molecule has 0 atom stereocenters. The van der Waals surface area contributed by atoms with Crippen LogP contribution in [0.1, 0.15) is 0 Å². The van der Waals surface area contributed by atoms with Gasteiger partial charge >= 0.3 is 79.6 Å². The zero-order chi connectivity index (χ0) is 2.12. The Kier molecular flexibility index (Phi) is 51.6. The van der Waals surface area contributed by atoms with Crippen LogP contribution in [0.5, 0.6) is 0 Å². The second-order valence-electron chi connectivity index (χ2n) is 0.474. The molecule has 0 radical (unpaired) electrons. The first kappa shape index (κ1) is 22.5. The Hall–Kier alpha value is 3.19. The van der Waals surface area contributed by atoms with E-state index in [1.165, 1.54) is 0 Å². The number of halogens is 3. The Morgan fingerprint density at radius 3 is 1.00 bits per heavy atom. The fraction of sp³-hybridized carbons (Fsp3) is 1.00. The third-order valence-corrected chi connectivity index (χ3v) is 1.29. The molecule has 48 valence electrons. The molecule has 0 aliphatic carbocycles. The van der Waals surface area contributed by atoms with Gasteiger partial charge in [0.2, 0.25) is 0 Å². The molecular formula is C2H8Cl3KPt. The van der Waals surface area contributed by atoms with Gasteiger partial charge < -0.3 is 0 Å². The first-order valence-corrected chi connectivity index (χ1v) is 4.16. The number of rotatable bonds is 0. The van der Waals surface area contributed by atoms with Gasteiger partial charge in [-0.05, 0) is 0 Å². The average molecular weight is 373 g/mol. The summed E-state index contributed by atoms with van der Waals surface area (Å²) < 4.78 is 0. The van der Waals surface area contributed by atoms with Gasteiger partial charge in [0.15, 0.2) is 0 Å². The monoisotopic (exact) mass is 371 g/mol. The topological polar surface area (TPSA) is 0 Å². The van der Waals surface area contributed by atoms with E-state index in [1.54, 1.807) is 9.62 Å². The summed E-state index contributed by atoms with van der Waals surface area (Å²) in [6, 6.07) is 0. The molecule has 0 aromatic heterocycles. The Labute approximate surface area is 114 Å². The van der Waals surface area contributed by atoms with E-state index in [9.17, 15) is 0 Å². The van der Waals surface area contributed by atoms with E-state index in [-0.39, 0.29) is 88.6 Å². The van der Waals surface area contributed by atoms with E-state index in [0.717, 1.165) is 18.6 Å². The third-order valence-electron chi connectivity index (χ3n) is 0.158. The Morgan fingerprint density at radius 1 is 0.857 bits per heavy atom. The van der Waals surface area contributed by atoms with Crippen LogP contribution in [0.4, 0.5) is 0 Å². The van der Waals surface area contributed by atoms with Crippen LogP contribution in [0.2, 0.25) is 9.62 Å². The molecule has 0 unspecified atom stereocenters. The molecule has 0 spiro atoms. The molecule has 0 bridgehead atoms. The fourth-order valence-electron chi connectivity index (χ4n) is 0. The van der Waals surface area contributed by atoms with Crippen molar-refractivity contribution < 1.29 is 18.6 Å². The Bertz CT molecular complexity index is 17.7. The van der Waals surface area contributed by atoms with Crippen LogP contribution in [0.25, 0.3) is 0 Å². The Balaban J connectivity index is -0.0000000112. The Morgan fingerprint density at radius 2 is 1.00 bits per heavy atom. The van der Waals surface area contributed by atoms with Crippen LogP contribution in [0, 0.1) is 0 Å². The molecule has 1 fully saturated rings. The van der Waals surface area contributed by atoms with Crippen molar-refractivity contribution in [3.8, 4) is 0 Å². The SMILES string of the molecule is Cl.Cl.Cl.[CH2]1[CH2][Pt]1.[KH]. The quantitative estimate of drug-likeness (QED) is 0.566. The van der Waals surface area contributed by atoms with Crippen LogP contribution < -0.4 is 0 Å². The second kappa shape index (κ2) is 16.1. The van der Waals surface area contributed by atoms with Gasteiger partial charge in [0, 0.05) is 0 Å². The van der Waals surface area contributed by atoms with Gasteiger partial charge in [-0.25, -0.2) is 0 Å². The summed E-state index contributed by atoms with van der Waals surface area (Å²) >= 11 is 0.833.